The molecule has 4 N–H and O–H groups in total. The molecule has 76 heavy (non-hydrogen) atoms. The molecule has 0 spiro atoms. The second-order valence-corrected chi connectivity index (χ2v) is 23.9. The van der Waals surface area contributed by atoms with Gasteiger partial charge in [-0.25, -0.2) is 9.78 Å². The molecule has 1 saturated heterocycles. The summed E-state index contributed by atoms with van der Waals surface area (Å²) >= 11 is 1.16. The molecule has 1 aliphatic rings. The van der Waals surface area contributed by atoms with E-state index in [2.05, 4.69) is 33.0 Å². The van der Waals surface area contributed by atoms with Crippen LogP contribution in [0.4, 0.5) is 16.3 Å². The van der Waals surface area contributed by atoms with E-state index >= 15 is 0 Å². The third kappa shape index (κ3) is 18.0. The standard InChI is InChI=1S/C54H72N8O11S3/c1-10-34(4)48(52(66)60(8)44(33(2)3)28-46(73-37(7)63)51-58-43(32-74-51)49(64)56-41(26-35(5)53(67)68)27-38-16-12-11-13-17-38)59-50(65)45-18-14-15-25-62(45,9)30-39-19-21-40(22-20-39)57-54(69)72-31-36(6)75-76-42-23-24-47(55-29-42)61(70)71/h11-13,16-17,19-24,29,32-36,41,44-46,48H,10,14-15,18,25-28,30-31H2,1-9H3,(H3-,56,57,59,64,65,67,68,69)/p+1/t34-,35-,36+,41+,44+,45+,46+,48-,62?/m0/s1. The average Bonchev–Trinajstić information content (AvgIpc) is 3.89. The third-order valence-corrected chi connectivity index (χ3v) is 17.5. The summed E-state index contributed by atoms with van der Waals surface area (Å²) in [5.41, 5.74) is 2.54. The van der Waals surface area contributed by atoms with Crippen LogP contribution in [0.2, 0.25) is 0 Å². The maximum absolute atomic E-state index is 14.8. The van der Waals surface area contributed by atoms with Gasteiger partial charge in [0, 0.05) is 66.8 Å². The van der Waals surface area contributed by atoms with Gasteiger partial charge in [-0.05, 0) is 78.1 Å². The number of carboxylic acids is 1. The van der Waals surface area contributed by atoms with Gasteiger partial charge in [-0.1, -0.05) is 105 Å². The second-order valence-electron chi connectivity index (χ2n) is 20.3. The normalized spacial score (nSPS) is 18.2. The molecule has 3 heterocycles. The summed E-state index contributed by atoms with van der Waals surface area (Å²) in [6, 6.07) is 17.6. The van der Waals surface area contributed by atoms with E-state index in [-0.39, 0.29) is 59.9 Å². The molecule has 19 nitrogen and oxygen atoms in total. The molecule has 4 amide bonds. The Kier molecular flexibility index (Phi) is 23.1. The lowest BCUT2D eigenvalue weighted by molar-refractivity contribution is -0.942. The predicted octanol–water partition coefficient (Wildman–Crippen LogP) is 9.48. The zero-order valence-corrected chi connectivity index (χ0v) is 47.2. The lowest BCUT2D eigenvalue weighted by Crippen LogP contribution is -2.63. The number of likely N-dealkylation sites (N-methyl/N-ethyl adjacent to an activating group) is 2. The number of pyridine rings is 1. The van der Waals surface area contributed by atoms with E-state index in [1.807, 2.05) is 77.1 Å². The predicted molar refractivity (Wildman–Crippen MR) is 294 cm³/mol. The van der Waals surface area contributed by atoms with Gasteiger partial charge in [-0.2, -0.15) is 0 Å². The summed E-state index contributed by atoms with van der Waals surface area (Å²) < 4.78 is 11.7. The van der Waals surface area contributed by atoms with Crippen LogP contribution >= 0.6 is 32.9 Å². The number of benzene rings is 2. The summed E-state index contributed by atoms with van der Waals surface area (Å²) in [7, 11) is 6.59. The van der Waals surface area contributed by atoms with Gasteiger partial charge in [-0.15, -0.1) is 11.3 Å². The van der Waals surface area contributed by atoms with Crippen LogP contribution in [0, 0.1) is 27.9 Å². The number of aliphatic carboxylic acids is 1. The fourth-order valence-electron chi connectivity index (χ4n) is 9.26. The van der Waals surface area contributed by atoms with E-state index in [4.69, 9.17) is 9.47 Å². The summed E-state index contributed by atoms with van der Waals surface area (Å²) in [6.07, 6.45) is 3.72. The number of quaternary nitrogens is 1. The number of likely N-dealkylation sites (tertiary alicyclic amines) is 1. The quantitative estimate of drug-likeness (QED) is 0.0143. The highest BCUT2D eigenvalue weighted by Gasteiger charge is 2.43. The van der Waals surface area contributed by atoms with Crippen molar-refractivity contribution in [3.63, 3.8) is 0 Å². The molecule has 1 unspecified atom stereocenters. The first-order chi connectivity index (χ1) is 36.1. The Bertz CT molecular complexity index is 2590. The van der Waals surface area contributed by atoms with Crippen molar-refractivity contribution in [1.82, 2.24) is 25.5 Å². The number of hydrogen-bond acceptors (Lipinski definition) is 15. The number of nitrogens with one attached hydrogen (secondary N) is 3. The van der Waals surface area contributed by atoms with Crippen LogP contribution in [0.25, 0.3) is 0 Å². The van der Waals surface area contributed by atoms with Crippen molar-refractivity contribution in [1.29, 1.82) is 0 Å². The number of thiazole rings is 1. The van der Waals surface area contributed by atoms with Gasteiger partial charge in [0.2, 0.25) is 5.91 Å². The minimum absolute atomic E-state index is 0.0840. The number of nitrogens with zero attached hydrogens (tertiary/aromatic N) is 5. The Hall–Kier alpha value is -6.10. The fraction of sp³-hybridized carbons (Fsp3) is 0.519. The Morgan fingerprint density at radius 3 is 2.29 bits per heavy atom. The van der Waals surface area contributed by atoms with Crippen molar-refractivity contribution < 1.29 is 52.8 Å². The largest absolute Gasteiger partial charge is 0.481 e. The van der Waals surface area contributed by atoms with Crippen LogP contribution < -0.4 is 16.0 Å². The van der Waals surface area contributed by atoms with Gasteiger partial charge < -0.3 is 44.7 Å². The molecule has 2 aromatic heterocycles. The highest BCUT2D eigenvalue weighted by Crippen LogP contribution is 2.35. The van der Waals surface area contributed by atoms with Crippen LogP contribution in [0.15, 0.2) is 83.2 Å². The molecule has 4 aromatic rings. The van der Waals surface area contributed by atoms with E-state index in [9.17, 15) is 44.0 Å². The number of carbonyl (C=O) groups is 6. The summed E-state index contributed by atoms with van der Waals surface area (Å²) in [4.78, 5) is 101. The van der Waals surface area contributed by atoms with Crippen LogP contribution in [0.3, 0.4) is 0 Å². The molecule has 412 valence electrons. The summed E-state index contributed by atoms with van der Waals surface area (Å²) in [5.74, 6) is -3.79. The zero-order chi connectivity index (χ0) is 55.7. The molecule has 5 rings (SSSR count). The van der Waals surface area contributed by atoms with Crippen LogP contribution in [0.5, 0.6) is 0 Å². The number of nitro groups is 1. The van der Waals surface area contributed by atoms with Gasteiger partial charge >= 0.3 is 23.8 Å². The van der Waals surface area contributed by atoms with Crippen molar-refractivity contribution in [2.45, 2.75) is 140 Å². The topological polar surface area (TPSA) is 249 Å². The number of amides is 4. The Labute approximate surface area is 457 Å². The highest BCUT2D eigenvalue weighted by atomic mass is 33.1. The fourth-order valence-corrected chi connectivity index (χ4v) is 12.0. The number of carboxylic acid groups (broad SMARTS) is 1. The maximum atomic E-state index is 14.8. The third-order valence-electron chi connectivity index (χ3n) is 13.8. The lowest BCUT2D eigenvalue weighted by atomic mass is 9.92. The molecule has 1 fully saturated rings. The number of ether oxygens (including phenoxy) is 2. The smallest absolute Gasteiger partial charge is 0.411 e. The first-order valence-electron chi connectivity index (χ1n) is 25.6. The molecule has 9 atom stereocenters. The number of rotatable bonds is 27. The molecule has 0 saturated carbocycles. The number of aromatic nitrogens is 2. The van der Waals surface area contributed by atoms with Crippen LogP contribution in [0.1, 0.15) is 120 Å². The second kappa shape index (κ2) is 28.9. The highest BCUT2D eigenvalue weighted by molar-refractivity contribution is 8.76. The summed E-state index contributed by atoms with van der Waals surface area (Å²) in [6.45, 7) is 14.1. The van der Waals surface area contributed by atoms with Crippen LogP contribution in [-0.2, 0) is 41.6 Å². The Balaban J connectivity index is 1.21. The lowest BCUT2D eigenvalue weighted by Gasteiger charge is -2.44. The van der Waals surface area contributed by atoms with Crippen molar-refractivity contribution >= 4 is 80.2 Å². The van der Waals surface area contributed by atoms with E-state index in [0.29, 0.717) is 41.0 Å². The van der Waals surface area contributed by atoms with Gasteiger partial charge in [0.25, 0.3) is 11.8 Å². The SMILES string of the molecule is CC[C@H](C)[C@H](NC(=O)[C@H]1CCCC[N+]1(C)Cc1ccc(NC(=O)OC[C@@H](C)SSc2ccc([N+](=O)[O-])nc2)cc1)C(=O)N(C)[C@H](C[C@@H](OC(C)=O)c1nc(C(=O)N[C@@H](Cc2ccccc2)C[C@H](C)C(=O)O)cs1)C(C)C. The van der Waals surface area contributed by atoms with E-state index in [1.54, 1.807) is 42.5 Å². The molecule has 1 aliphatic heterocycles. The molecular weight excluding hydrogens is 1030 g/mol. The van der Waals surface area contributed by atoms with Gasteiger partial charge in [-0.3, -0.25) is 29.3 Å². The minimum atomic E-state index is -0.966. The molecule has 0 radical (unpaired) electrons. The monoisotopic (exact) mass is 1110 g/mol. The molecule has 0 aliphatic carbocycles. The van der Waals surface area contributed by atoms with E-state index < -0.39 is 65.1 Å². The average molecular weight is 1110 g/mol. The number of anilines is 1. The van der Waals surface area contributed by atoms with Crippen molar-refractivity contribution in [3.8, 4) is 0 Å². The first kappa shape index (κ1) is 60.8. The Morgan fingerprint density at radius 2 is 1.67 bits per heavy atom. The van der Waals surface area contributed by atoms with Crippen molar-refractivity contribution in [3.05, 3.63) is 110 Å². The van der Waals surface area contributed by atoms with Gasteiger partial charge in [0.05, 0.1) is 24.4 Å². The van der Waals surface area contributed by atoms with Crippen molar-refractivity contribution in [2.75, 3.05) is 32.6 Å². The molecular formula is C54H73N8O11S3+. The molecule has 2 aromatic carbocycles. The van der Waals surface area contributed by atoms with Gasteiger partial charge in [0.1, 0.15) is 29.9 Å². The number of esters is 1. The van der Waals surface area contributed by atoms with E-state index in [0.717, 1.165) is 46.7 Å². The number of carbonyl (C=O) groups excluding carboxylic acids is 5. The Morgan fingerprint density at radius 1 is 0.961 bits per heavy atom. The van der Waals surface area contributed by atoms with E-state index in [1.165, 1.54) is 40.8 Å². The minimum Gasteiger partial charge on any atom is -0.481 e. The molecule has 22 heteroatoms. The van der Waals surface area contributed by atoms with Crippen LogP contribution in [-0.4, -0.2) is 122 Å². The number of piperidine rings is 1. The maximum Gasteiger partial charge on any atom is 0.411 e. The number of hydrogen-bond donors (Lipinski definition) is 4. The summed E-state index contributed by atoms with van der Waals surface area (Å²) in [5, 5.41) is 31.3. The zero-order valence-electron chi connectivity index (χ0n) is 44.8. The van der Waals surface area contributed by atoms with Crippen molar-refractivity contribution in [2.24, 2.45) is 17.8 Å². The van der Waals surface area contributed by atoms with Gasteiger partial charge in [0.15, 0.2) is 18.3 Å². The first-order valence-corrected chi connectivity index (χ1v) is 28.7. The molecule has 0 bridgehead atoms.